The number of halogens is 1. The fourth-order valence-corrected chi connectivity index (χ4v) is 0.974. The molecule has 57 valence electrons. The monoisotopic (exact) mass is 214 g/mol. The average Bonchev–Trinajstić information content (AvgIpc) is 2.05. The maximum Gasteiger partial charge on any atom is 0.269 e. The molecule has 0 heterocycles. The van der Waals surface area contributed by atoms with Crippen molar-refractivity contribution in [3.8, 4) is 0 Å². The van der Waals surface area contributed by atoms with E-state index in [1.807, 2.05) is 0 Å². The Hall–Kier alpha value is -0.900. The van der Waals surface area contributed by atoms with E-state index in [1.54, 1.807) is 17.5 Å². The first-order chi connectivity index (χ1) is 5.24. The summed E-state index contributed by atoms with van der Waals surface area (Å²) in [6.07, 6.45) is 0. The van der Waals surface area contributed by atoms with Gasteiger partial charge in [-0.05, 0) is 5.56 Å². The number of hydrogen-bond donors (Lipinski definition) is 0. The lowest BCUT2D eigenvalue weighted by atomic mass is 10.2. The summed E-state index contributed by atoms with van der Waals surface area (Å²) in [5.74, 6) is 0. The summed E-state index contributed by atoms with van der Waals surface area (Å²) in [4.78, 5) is 9.77. The second kappa shape index (κ2) is 3.48. The number of nitrogens with zero attached hydrogens (tertiary/aromatic N) is 1. The van der Waals surface area contributed by atoms with Crippen LogP contribution < -0.4 is 0 Å². The van der Waals surface area contributed by atoms with Gasteiger partial charge >= 0.3 is 0 Å². The minimum absolute atomic E-state index is 0.114. The number of hydrogen-bond acceptors (Lipinski definition) is 2. The molecular weight excluding hydrogens is 210 g/mol. The highest BCUT2D eigenvalue weighted by Gasteiger charge is 2.02. The van der Waals surface area contributed by atoms with Crippen LogP contribution >= 0.6 is 15.9 Å². The topological polar surface area (TPSA) is 43.1 Å². The van der Waals surface area contributed by atoms with Crippen LogP contribution in [0.5, 0.6) is 0 Å². The summed E-state index contributed by atoms with van der Waals surface area (Å²) in [5.41, 5.74) is 1.03. The molecule has 0 aliphatic rings. The fourth-order valence-electron chi connectivity index (χ4n) is 0.669. The number of nitro groups is 1. The third-order valence-corrected chi connectivity index (χ3v) is 1.76. The van der Waals surface area contributed by atoms with Crippen molar-refractivity contribution in [1.82, 2.24) is 0 Å². The molecule has 0 amide bonds. The van der Waals surface area contributed by atoms with Crippen molar-refractivity contribution >= 4 is 21.6 Å². The molecule has 0 unspecified atom stereocenters. The van der Waals surface area contributed by atoms with E-state index in [-0.39, 0.29) is 5.69 Å². The Labute approximate surface area is 72.3 Å². The van der Waals surface area contributed by atoms with Gasteiger partial charge in [-0.2, -0.15) is 0 Å². The van der Waals surface area contributed by atoms with Crippen LogP contribution in [0.15, 0.2) is 24.3 Å². The standard InChI is InChI=1S/C7H5BrNO2/c8-5-6-1-3-7(4-2-6)9(10)11/h1-5H. The van der Waals surface area contributed by atoms with E-state index in [0.29, 0.717) is 0 Å². The smallest absolute Gasteiger partial charge is 0.258 e. The number of nitro benzene ring substituents is 1. The summed E-state index contributed by atoms with van der Waals surface area (Å²) < 4.78 is 0. The van der Waals surface area contributed by atoms with E-state index in [0.717, 1.165) is 5.56 Å². The molecule has 11 heavy (non-hydrogen) atoms. The molecular formula is C7H5BrNO2. The van der Waals surface area contributed by atoms with E-state index < -0.39 is 4.92 Å². The molecule has 0 atom stereocenters. The fraction of sp³-hybridized carbons (Fsp3) is 0. The normalized spacial score (nSPS) is 9.55. The molecule has 0 fully saturated rings. The van der Waals surface area contributed by atoms with Gasteiger partial charge in [-0.15, -0.1) is 0 Å². The quantitative estimate of drug-likeness (QED) is 0.561. The van der Waals surface area contributed by atoms with Crippen LogP contribution in [0.2, 0.25) is 0 Å². The van der Waals surface area contributed by atoms with Gasteiger partial charge in [-0.1, -0.05) is 28.1 Å². The minimum Gasteiger partial charge on any atom is -0.258 e. The maximum absolute atomic E-state index is 10.2. The third kappa shape index (κ3) is 2.01. The highest BCUT2D eigenvalue weighted by atomic mass is 79.9. The van der Waals surface area contributed by atoms with Gasteiger partial charge in [0.05, 0.1) is 10.3 Å². The van der Waals surface area contributed by atoms with Crippen molar-refractivity contribution in [1.29, 1.82) is 0 Å². The first kappa shape index (κ1) is 8.20. The van der Waals surface area contributed by atoms with E-state index >= 15 is 0 Å². The van der Waals surface area contributed by atoms with E-state index in [1.165, 1.54) is 12.1 Å². The van der Waals surface area contributed by atoms with Crippen molar-refractivity contribution in [2.75, 3.05) is 0 Å². The van der Waals surface area contributed by atoms with Crippen molar-refractivity contribution in [3.63, 3.8) is 0 Å². The van der Waals surface area contributed by atoms with Crippen LogP contribution in [0, 0.1) is 15.4 Å². The van der Waals surface area contributed by atoms with Crippen LogP contribution in [-0.4, -0.2) is 4.92 Å². The van der Waals surface area contributed by atoms with Gasteiger partial charge in [0.15, 0.2) is 0 Å². The molecule has 0 N–H and O–H groups in total. The van der Waals surface area contributed by atoms with E-state index in [4.69, 9.17) is 0 Å². The SMILES string of the molecule is O=[N+]([O-])c1ccc([CH]Br)cc1. The van der Waals surface area contributed by atoms with Gasteiger partial charge in [0, 0.05) is 12.1 Å². The Balaban J connectivity index is 2.91. The molecule has 1 aromatic carbocycles. The van der Waals surface area contributed by atoms with Crippen LogP contribution in [0.25, 0.3) is 0 Å². The second-order valence-corrected chi connectivity index (χ2v) is 2.42. The number of non-ortho nitro benzene ring substituents is 1. The summed E-state index contributed by atoms with van der Waals surface area (Å²) >= 11 is 3.12. The van der Waals surface area contributed by atoms with Crippen LogP contribution in [0.3, 0.4) is 0 Å². The van der Waals surface area contributed by atoms with Gasteiger partial charge in [-0.25, -0.2) is 0 Å². The predicted molar refractivity (Wildman–Crippen MR) is 45.4 cm³/mol. The summed E-state index contributed by atoms with van der Waals surface area (Å²) in [5, 5.41) is 11.9. The molecule has 1 rings (SSSR count). The van der Waals surface area contributed by atoms with Gasteiger partial charge < -0.3 is 0 Å². The highest BCUT2D eigenvalue weighted by molar-refractivity contribution is 9.10. The molecule has 0 aliphatic carbocycles. The lowest BCUT2D eigenvalue weighted by molar-refractivity contribution is -0.384. The molecule has 0 bridgehead atoms. The second-order valence-electron chi connectivity index (χ2n) is 1.96. The Morgan fingerprint density at radius 1 is 1.36 bits per heavy atom. The van der Waals surface area contributed by atoms with Crippen LogP contribution in [0.1, 0.15) is 5.56 Å². The molecule has 0 saturated carbocycles. The number of rotatable bonds is 2. The lowest BCUT2D eigenvalue weighted by Gasteiger charge is -1.92. The minimum atomic E-state index is -0.419. The maximum atomic E-state index is 10.2. The Morgan fingerprint density at radius 3 is 2.27 bits per heavy atom. The van der Waals surface area contributed by atoms with Crippen LogP contribution in [-0.2, 0) is 0 Å². The summed E-state index contributed by atoms with van der Waals surface area (Å²) in [7, 11) is 0. The van der Waals surface area contributed by atoms with Crippen LogP contribution in [0.4, 0.5) is 5.69 Å². The molecule has 0 aromatic heterocycles. The molecule has 0 saturated heterocycles. The molecule has 4 heteroatoms. The molecule has 0 spiro atoms. The zero-order valence-corrected chi connectivity index (χ0v) is 7.11. The Bertz CT molecular complexity index is 258. The van der Waals surface area contributed by atoms with Crippen molar-refractivity contribution in [2.24, 2.45) is 0 Å². The summed E-state index contributed by atoms with van der Waals surface area (Å²) in [6.45, 7) is 0. The van der Waals surface area contributed by atoms with Crippen molar-refractivity contribution < 1.29 is 4.92 Å². The van der Waals surface area contributed by atoms with Crippen molar-refractivity contribution in [2.45, 2.75) is 0 Å². The van der Waals surface area contributed by atoms with Gasteiger partial charge in [-0.3, -0.25) is 10.1 Å². The highest BCUT2D eigenvalue weighted by Crippen LogP contribution is 2.14. The molecule has 3 nitrogen and oxygen atoms in total. The largest absolute Gasteiger partial charge is 0.269 e. The summed E-state index contributed by atoms with van der Waals surface area (Å²) in [6, 6.07) is 6.28. The van der Waals surface area contributed by atoms with Crippen molar-refractivity contribution in [3.05, 3.63) is 45.3 Å². The van der Waals surface area contributed by atoms with E-state index in [9.17, 15) is 10.1 Å². The molecule has 1 radical (unpaired) electrons. The first-order valence-corrected chi connectivity index (χ1v) is 3.83. The average molecular weight is 215 g/mol. The zero-order valence-electron chi connectivity index (χ0n) is 5.53. The Morgan fingerprint density at radius 2 is 1.91 bits per heavy atom. The molecule has 0 aliphatic heterocycles. The predicted octanol–water partition coefficient (Wildman–Crippen LogP) is 2.50. The van der Waals surface area contributed by atoms with Gasteiger partial charge in [0.1, 0.15) is 0 Å². The lowest BCUT2D eigenvalue weighted by Crippen LogP contribution is -1.86. The van der Waals surface area contributed by atoms with E-state index in [2.05, 4.69) is 15.9 Å². The van der Waals surface area contributed by atoms with Gasteiger partial charge in [0.2, 0.25) is 0 Å². The van der Waals surface area contributed by atoms with Gasteiger partial charge in [0.25, 0.3) is 5.69 Å². The Kier molecular flexibility index (Phi) is 2.59. The zero-order chi connectivity index (χ0) is 8.27. The first-order valence-electron chi connectivity index (χ1n) is 2.92. The third-order valence-electron chi connectivity index (χ3n) is 1.23. The number of benzene rings is 1. The molecule has 1 aromatic rings.